The first-order valence-corrected chi connectivity index (χ1v) is 14.6. The number of hydrogen-bond donors (Lipinski definition) is 6. The molecule has 236 valence electrons. The molecule has 13 nitrogen and oxygen atoms in total. The number of carbonyl (C=O) groups excluding carboxylic acids is 2. The molecule has 0 bridgehead atoms. The third kappa shape index (κ3) is 7.58. The van der Waals surface area contributed by atoms with Crippen molar-refractivity contribution in [2.75, 3.05) is 40.0 Å². The Hall–Kier alpha value is -2.36. The first kappa shape index (κ1) is 32.6. The van der Waals surface area contributed by atoms with Crippen LogP contribution in [0.3, 0.4) is 0 Å². The largest absolute Gasteiger partial charge is 0.550 e. The van der Waals surface area contributed by atoms with Crippen LogP contribution in [0.4, 0.5) is 0 Å². The van der Waals surface area contributed by atoms with Crippen LogP contribution in [0.25, 0.3) is 0 Å². The molecule has 3 fully saturated rings. The summed E-state index contributed by atoms with van der Waals surface area (Å²) < 4.78 is 22.5. The van der Waals surface area contributed by atoms with Crippen LogP contribution < -0.4 is 10.0 Å². The molecule has 0 aromatic heterocycles. The fraction of sp³-hybridized carbons (Fsp3) is 0.724. The molecule has 4 aliphatic rings. The molecule has 3 heterocycles. The van der Waals surface area contributed by atoms with Gasteiger partial charge in [0.05, 0.1) is 57.1 Å². The van der Waals surface area contributed by atoms with E-state index in [9.17, 15) is 40.2 Å². The minimum Gasteiger partial charge on any atom is -0.550 e. The Balaban J connectivity index is 1.65. The van der Waals surface area contributed by atoms with Gasteiger partial charge in [-0.15, -0.1) is 0 Å². The fourth-order valence-corrected chi connectivity index (χ4v) is 6.41. The lowest BCUT2D eigenvalue weighted by atomic mass is 9.80. The lowest BCUT2D eigenvalue weighted by molar-refractivity contribution is -0.911. The zero-order chi connectivity index (χ0) is 30.4. The summed E-state index contributed by atoms with van der Waals surface area (Å²) in [5, 5.41) is 61.8. The number of methoxy groups -OCH3 is 1. The van der Waals surface area contributed by atoms with Gasteiger partial charge >= 0.3 is 5.97 Å². The number of ether oxygens (including phenoxy) is 4. The number of aliphatic carboxylic acids is 1. The minimum atomic E-state index is -1.64. The molecule has 3 aliphatic heterocycles. The summed E-state index contributed by atoms with van der Waals surface area (Å²) in [5.41, 5.74) is 1.36. The first-order chi connectivity index (χ1) is 20.2. The molecule has 0 amide bonds. The van der Waals surface area contributed by atoms with Crippen LogP contribution in [0.1, 0.15) is 32.1 Å². The normalized spacial score (nSPS) is 39.0. The summed E-state index contributed by atoms with van der Waals surface area (Å²) in [4.78, 5) is 25.5. The number of esters is 1. The van der Waals surface area contributed by atoms with Gasteiger partial charge in [0, 0.05) is 17.8 Å². The van der Waals surface area contributed by atoms with Crippen molar-refractivity contribution in [3.63, 3.8) is 0 Å². The predicted octanol–water partition coefficient (Wildman–Crippen LogP) is -3.23. The number of aliphatic hydroxyl groups is 5. The van der Waals surface area contributed by atoms with E-state index in [0.717, 1.165) is 36.2 Å². The van der Waals surface area contributed by atoms with Gasteiger partial charge in [-0.2, -0.15) is 0 Å². The number of piperidine rings is 1. The Kier molecular flexibility index (Phi) is 11.5. The van der Waals surface area contributed by atoms with Gasteiger partial charge in [0.25, 0.3) is 0 Å². The van der Waals surface area contributed by atoms with Crippen LogP contribution in [-0.2, 0) is 28.5 Å². The lowest BCUT2D eigenvalue weighted by Gasteiger charge is -2.43. The summed E-state index contributed by atoms with van der Waals surface area (Å²) in [6.07, 6.45) is 2.44. The molecule has 2 saturated heterocycles. The minimum absolute atomic E-state index is 0.0760. The van der Waals surface area contributed by atoms with Gasteiger partial charge < -0.3 is 59.3 Å². The Morgan fingerprint density at radius 3 is 2.45 bits per heavy atom. The molecule has 0 spiro atoms. The second-order valence-electron chi connectivity index (χ2n) is 11.6. The van der Waals surface area contributed by atoms with Gasteiger partial charge in [-0.1, -0.05) is 23.8 Å². The molecule has 0 radical (unpaired) electrons. The van der Waals surface area contributed by atoms with Crippen molar-refractivity contribution < 1.29 is 64.1 Å². The van der Waals surface area contributed by atoms with Crippen molar-refractivity contribution >= 4 is 11.9 Å². The van der Waals surface area contributed by atoms with Gasteiger partial charge in [0.1, 0.15) is 31.0 Å². The van der Waals surface area contributed by atoms with E-state index < -0.39 is 73.3 Å². The van der Waals surface area contributed by atoms with Crippen LogP contribution in [0.15, 0.2) is 35.6 Å². The maximum absolute atomic E-state index is 12.9. The van der Waals surface area contributed by atoms with Crippen molar-refractivity contribution in [1.29, 1.82) is 0 Å². The van der Waals surface area contributed by atoms with E-state index in [1.165, 1.54) is 13.4 Å². The van der Waals surface area contributed by atoms with E-state index in [4.69, 9.17) is 18.9 Å². The molecule has 6 N–H and O–H groups in total. The number of rotatable bonds is 10. The molecule has 1 aliphatic carbocycles. The fourth-order valence-electron chi connectivity index (χ4n) is 6.41. The molecule has 13 heteroatoms. The van der Waals surface area contributed by atoms with Crippen LogP contribution in [-0.4, -0.2) is 114 Å². The number of carbonyl (C=O) groups is 2. The van der Waals surface area contributed by atoms with Gasteiger partial charge in [0.2, 0.25) is 6.29 Å². The predicted molar refractivity (Wildman–Crippen MR) is 142 cm³/mol. The van der Waals surface area contributed by atoms with E-state index in [2.05, 4.69) is 0 Å². The number of allylic oxidation sites excluding steroid dienone is 2. The Bertz CT molecular complexity index is 1020. The average molecular weight is 598 g/mol. The zero-order valence-electron chi connectivity index (χ0n) is 23.7. The van der Waals surface area contributed by atoms with Crippen molar-refractivity contribution in [3.05, 3.63) is 35.6 Å². The average Bonchev–Trinajstić information content (AvgIpc) is 3.50. The maximum Gasteiger partial charge on any atom is 0.337 e. The molecule has 1 saturated carbocycles. The van der Waals surface area contributed by atoms with E-state index in [0.29, 0.717) is 26.1 Å². The lowest BCUT2D eigenvalue weighted by Crippen LogP contribution is -3.15. The number of carboxylic acid groups (broad SMARTS) is 1. The smallest absolute Gasteiger partial charge is 0.337 e. The number of hydrogen-bond acceptors (Lipinski definition) is 12. The van der Waals surface area contributed by atoms with E-state index in [-0.39, 0.29) is 18.1 Å². The summed E-state index contributed by atoms with van der Waals surface area (Å²) >= 11 is 0. The Labute approximate surface area is 244 Å². The maximum atomic E-state index is 12.9. The molecular weight excluding hydrogens is 554 g/mol. The summed E-state index contributed by atoms with van der Waals surface area (Å²) in [7, 11) is 1.26. The number of quaternary nitrogens is 1. The molecule has 11 unspecified atom stereocenters. The summed E-state index contributed by atoms with van der Waals surface area (Å²) in [6, 6.07) is 0. The highest BCUT2D eigenvalue weighted by atomic mass is 16.8. The number of carboxylic acids is 1. The van der Waals surface area contributed by atoms with Gasteiger partial charge in [0.15, 0.2) is 6.29 Å². The van der Waals surface area contributed by atoms with Crippen LogP contribution in [0, 0.1) is 23.7 Å². The second kappa shape index (κ2) is 14.9. The molecule has 4 rings (SSSR count). The molecule has 42 heavy (non-hydrogen) atoms. The summed E-state index contributed by atoms with van der Waals surface area (Å²) in [5.74, 6) is -3.84. The van der Waals surface area contributed by atoms with Crippen LogP contribution >= 0.6 is 0 Å². The van der Waals surface area contributed by atoms with Crippen molar-refractivity contribution in [1.82, 2.24) is 0 Å². The van der Waals surface area contributed by atoms with Crippen molar-refractivity contribution in [2.45, 2.75) is 69.1 Å². The molecule has 11 atom stereocenters. The van der Waals surface area contributed by atoms with Gasteiger partial charge in [-0.3, -0.25) is 0 Å². The van der Waals surface area contributed by atoms with Gasteiger partial charge in [-0.05, 0) is 32.1 Å². The highest BCUT2D eigenvalue weighted by Crippen LogP contribution is 2.39. The number of nitrogens with one attached hydrogen (secondary N) is 1. The SMILES string of the molecule is COC(=O)C1=COC(OC2OC(CO)C(O)C(O)C2O)C(C=C2CCCC2)C1C=CC1CC(C(=O)[O-])C[NH+](CCO)C1. The topological polar surface area (TPSA) is 200 Å². The Morgan fingerprint density at radius 2 is 1.81 bits per heavy atom. The Morgan fingerprint density at radius 1 is 1.07 bits per heavy atom. The zero-order valence-corrected chi connectivity index (χ0v) is 23.7. The summed E-state index contributed by atoms with van der Waals surface area (Å²) in [6.45, 7) is 0.667. The highest BCUT2D eigenvalue weighted by molar-refractivity contribution is 5.89. The quantitative estimate of drug-likeness (QED) is 0.109. The van der Waals surface area contributed by atoms with E-state index in [1.54, 1.807) is 0 Å². The third-order valence-corrected chi connectivity index (χ3v) is 8.69. The number of likely N-dealkylation sites (tertiary alicyclic amines) is 1. The monoisotopic (exact) mass is 597 g/mol. The van der Waals surface area contributed by atoms with E-state index >= 15 is 0 Å². The third-order valence-electron chi connectivity index (χ3n) is 8.69. The second-order valence-corrected chi connectivity index (χ2v) is 11.6. The molecular formula is C29H43NO12. The standard InChI is InChI=1S/C29H43NO12/c1-39-27(38)21-15-40-28(42-29-25(35)24(34)23(33)22(14-32)41-29)20(11-16-4-2-3-5-16)19(21)7-6-17-10-18(26(36)37)13-30(12-17)8-9-31/h6-7,11,15,17-20,22-25,28-29,31-35H,2-5,8-10,12-14H2,1H3,(H,36,37). The highest BCUT2D eigenvalue weighted by Gasteiger charge is 2.47. The van der Waals surface area contributed by atoms with Crippen molar-refractivity contribution in [3.8, 4) is 0 Å². The van der Waals surface area contributed by atoms with Crippen molar-refractivity contribution in [2.24, 2.45) is 23.7 Å². The molecule has 0 aromatic rings. The van der Waals surface area contributed by atoms with Crippen LogP contribution in [0.2, 0.25) is 0 Å². The molecule has 0 aromatic carbocycles. The number of aliphatic hydroxyl groups excluding tert-OH is 5. The first-order valence-electron chi connectivity index (χ1n) is 14.6. The van der Waals surface area contributed by atoms with Crippen LogP contribution in [0.5, 0.6) is 0 Å². The van der Waals surface area contributed by atoms with E-state index in [1.807, 2.05) is 18.2 Å². The van der Waals surface area contributed by atoms with Gasteiger partial charge in [-0.25, -0.2) is 4.79 Å².